The van der Waals surface area contributed by atoms with Crippen molar-refractivity contribution in [3.05, 3.63) is 59.9 Å². The molecule has 7 heteroatoms. The molecule has 3 N–H and O–H groups in total. The van der Waals surface area contributed by atoms with E-state index < -0.39 is 0 Å². The van der Waals surface area contributed by atoms with Crippen molar-refractivity contribution in [1.82, 2.24) is 20.5 Å². The van der Waals surface area contributed by atoms with E-state index in [0.29, 0.717) is 12.1 Å². The maximum absolute atomic E-state index is 12.2. The Morgan fingerprint density at radius 2 is 1.93 bits per heavy atom. The molecule has 0 saturated heterocycles. The average Bonchev–Trinajstić information content (AvgIpc) is 3.18. The Labute approximate surface area is 178 Å². The highest BCUT2D eigenvalue weighted by atomic mass is 127. The summed E-state index contributed by atoms with van der Waals surface area (Å²) in [5.74, 6) is 0.710. The standard InChI is InChI=1S/C20H29N5O.HI/c1-4-16(2)24-19(26)18-9-7-8-17(14-18)15-23-20(21-3)22-10-13-25-11-5-6-12-25;/h5-9,11-12,14,16H,4,10,13,15H2,1-3H3,(H,24,26)(H2,21,22,23);1H. The maximum Gasteiger partial charge on any atom is 0.251 e. The first-order chi connectivity index (χ1) is 12.6. The van der Waals surface area contributed by atoms with Gasteiger partial charge in [-0.3, -0.25) is 9.79 Å². The summed E-state index contributed by atoms with van der Waals surface area (Å²) in [6.07, 6.45) is 4.99. The van der Waals surface area contributed by atoms with E-state index in [0.717, 1.165) is 31.0 Å². The molecule has 0 aliphatic heterocycles. The minimum atomic E-state index is -0.0320. The van der Waals surface area contributed by atoms with Gasteiger partial charge in [-0.25, -0.2) is 0 Å². The number of nitrogens with one attached hydrogen (secondary N) is 3. The highest BCUT2D eigenvalue weighted by molar-refractivity contribution is 14.0. The first-order valence-corrected chi connectivity index (χ1v) is 9.07. The van der Waals surface area contributed by atoms with Gasteiger partial charge < -0.3 is 20.5 Å². The SMILES string of the molecule is CCC(C)NC(=O)c1cccc(CNC(=NC)NCCn2cccc2)c1.I. The van der Waals surface area contributed by atoms with Gasteiger partial charge in [0.25, 0.3) is 5.91 Å². The zero-order valence-corrected chi connectivity index (χ0v) is 18.6. The molecule has 1 amide bonds. The number of benzene rings is 1. The fourth-order valence-corrected chi connectivity index (χ4v) is 2.46. The topological polar surface area (TPSA) is 70.4 Å². The van der Waals surface area contributed by atoms with Crippen molar-refractivity contribution in [3.8, 4) is 0 Å². The van der Waals surface area contributed by atoms with E-state index in [1.807, 2.05) is 55.7 Å². The van der Waals surface area contributed by atoms with E-state index in [1.54, 1.807) is 7.05 Å². The van der Waals surface area contributed by atoms with Gasteiger partial charge in [0.15, 0.2) is 5.96 Å². The highest BCUT2D eigenvalue weighted by Gasteiger charge is 2.09. The molecule has 0 aliphatic carbocycles. The molecule has 1 aromatic carbocycles. The molecule has 1 atom stereocenters. The number of hydrogen-bond donors (Lipinski definition) is 3. The van der Waals surface area contributed by atoms with Gasteiger partial charge in [-0.05, 0) is 43.2 Å². The van der Waals surface area contributed by atoms with Crippen LogP contribution in [0.5, 0.6) is 0 Å². The summed E-state index contributed by atoms with van der Waals surface area (Å²) in [5.41, 5.74) is 1.72. The van der Waals surface area contributed by atoms with E-state index >= 15 is 0 Å². The molecule has 0 spiro atoms. The average molecular weight is 483 g/mol. The number of amides is 1. The van der Waals surface area contributed by atoms with Crippen LogP contribution >= 0.6 is 24.0 Å². The number of aromatic nitrogens is 1. The van der Waals surface area contributed by atoms with Crippen LogP contribution in [0.15, 0.2) is 53.8 Å². The van der Waals surface area contributed by atoms with Gasteiger partial charge >= 0.3 is 0 Å². The Morgan fingerprint density at radius 3 is 2.59 bits per heavy atom. The van der Waals surface area contributed by atoms with Gasteiger partial charge in [0.2, 0.25) is 0 Å². The number of hydrogen-bond acceptors (Lipinski definition) is 2. The fraction of sp³-hybridized carbons (Fsp3) is 0.400. The number of carbonyl (C=O) groups excluding carboxylic acids is 1. The normalized spacial score (nSPS) is 12.0. The molecular formula is C20H30IN5O. The van der Waals surface area contributed by atoms with Crippen LogP contribution in [0.1, 0.15) is 36.2 Å². The van der Waals surface area contributed by atoms with Gasteiger partial charge in [0.05, 0.1) is 0 Å². The number of nitrogens with zero attached hydrogens (tertiary/aromatic N) is 2. The minimum absolute atomic E-state index is 0. The van der Waals surface area contributed by atoms with Crippen molar-refractivity contribution >= 4 is 35.8 Å². The maximum atomic E-state index is 12.2. The first-order valence-electron chi connectivity index (χ1n) is 9.07. The van der Waals surface area contributed by atoms with Crippen molar-refractivity contribution < 1.29 is 4.79 Å². The van der Waals surface area contributed by atoms with Crippen LogP contribution < -0.4 is 16.0 Å². The molecule has 1 aromatic heterocycles. The molecule has 0 bridgehead atoms. The number of carbonyl (C=O) groups is 1. The molecule has 0 aliphatic rings. The van der Waals surface area contributed by atoms with E-state index in [9.17, 15) is 4.79 Å². The molecular weight excluding hydrogens is 453 g/mol. The number of guanidine groups is 1. The van der Waals surface area contributed by atoms with Crippen LogP contribution in [0, 0.1) is 0 Å². The van der Waals surface area contributed by atoms with Gasteiger partial charge in [-0.1, -0.05) is 19.1 Å². The van der Waals surface area contributed by atoms with Crippen molar-refractivity contribution in [2.45, 2.75) is 39.4 Å². The third kappa shape index (κ3) is 8.03. The molecule has 0 fully saturated rings. The number of rotatable bonds is 8. The Morgan fingerprint density at radius 1 is 1.19 bits per heavy atom. The van der Waals surface area contributed by atoms with E-state index in [1.165, 1.54) is 0 Å². The highest BCUT2D eigenvalue weighted by Crippen LogP contribution is 2.06. The van der Waals surface area contributed by atoms with Crippen LogP contribution in [0.4, 0.5) is 0 Å². The molecule has 27 heavy (non-hydrogen) atoms. The van der Waals surface area contributed by atoms with E-state index in [-0.39, 0.29) is 35.9 Å². The molecule has 2 aromatic rings. The third-order valence-corrected chi connectivity index (χ3v) is 4.19. The molecule has 0 radical (unpaired) electrons. The summed E-state index contributed by atoms with van der Waals surface area (Å²) in [7, 11) is 1.75. The van der Waals surface area contributed by atoms with Crippen molar-refractivity contribution in [2.75, 3.05) is 13.6 Å². The lowest BCUT2D eigenvalue weighted by atomic mass is 10.1. The second-order valence-corrected chi connectivity index (χ2v) is 6.26. The third-order valence-electron chi connectivity index (χ3n) is 4.19. The van der Waals surface area contributed by atoms with Gasteiger partial charge in [0.1, 0.15) is 0 Å². The second kappa shape index (κ2) is 12.4. The Kier molecular flexibility index (Phi) is 10.5. The first kappa shape index (κ1) is 23.0. The van der Waals surface area contributed by atoms with Crippen LogP contribution in [0.2, 0.25) is 0 Å². The molecule has 148 valence electrons. The van der Waals surface area contributed by atoms with Crippen LogP contribution in [-0.2, 0) is 13.1 Å². The Hall–Kier alpha value is -2.03. The zero-order chi connectivity index (χ0) is 18.8. The summed E-state index contributed by atoms with van der Waals surface area (Å²) in [5, 5.41) is 9.56. The zero-order valence-electron chi connectivity index (χ0n) is 16.2. The molecule has 6 nitrogen and oxygen atoms in total. The van der Waals surface area contributed by atoms with Crippen molar-refractivity contribution in [1.29, 1.82) is 0 Å². The Bertz CT molecular complexity index is 715. The quantitative estimate of drug-likeness (QED) is 0.307. The van der Waals surface area contributed by atoms with Gasteiger partial charge in [-0.15, -0.1) is 24.0 Å². The summed E-state index contributed by atoms with van der Waals surface area (Å²) < 4.78 is 2.11. The second-order valence-electron chi connectivity index (χ2n) is 6.26. The largest absolute Gasteiger partial charge is 0.355 e. The lowest BCUT2D eigenvalue weighted by Gasteiger charge is -2.14. The number of halogens is 1. The molecule has 1 unspecified atom stereocenters. The van der Waals surface area contributed by atoms with Crippen LogP contribution in [-0.4, -0.2) is 36.1 Å². The minimum Gasteiger partial charge on any atom is -0.355 e. The van der Waals surface area contributed by atoms with Crippen molar-refractivity contribution in [2.24, 2.45) is 4.99 Å². The summed E-state index contributed by atoms with van der Waals surface area (Å²) in [6.45, 7) is 6.32. The smallest absolute Gasteiger partial charge is 0.251 e. The van der Waals surface area contributed by atoms with E-state index in [4.69, 9.17) is 0 Å². The van der Waals surface area contributed by atoms with Gasteiger partial charge in [0, 0.05) is 50.7 Å². The summed E-state index contributed by atoms with van der Waals surface area (Å²) in [6, 6.07) is 11.9. The van der Waals surface area contributed by atoms with E-state index in [2.05, 4.69) is 32.4 Å². The predicted octanol–water partition coefficient (Wildman–Crippen LogP) is 3.00. The van der Waals surface area contributed by atoms with Crippen LogP contribution in [0.3, 0.4) is 0 Å². The molecule has 0 saturated carbocycles. The van der Waals surface area contributed by atoms with Gasteiger partial charge in [-0.2, -0.15) is 0 Å². The van der Waals surface area contributed by atoms with Crippen LogP contribution in [0.25, 0.3) is 0 Å². The fourth-order valence-electron chi connectivity index (χ4n) is 2.46. The predicted molar refractivity (Wildman–Crippen MR) is 122 cm³/mol. The Balaban J connectivity index is 0.00000364. The summed E-state index contributed by atoms with van der Waals surface area (Å²) in [4.78, 5) is 16.5. The number of aliphatic imine (C=N–C) groups is 1. The lowest BCUT2D eigenvalue weighted by molar-refractivity contribution is 0.0939. The monoisotopic (exact) mass is 483 g/mol. The van der Waals surface area contributed by atoms with Crippen molar-refractivity contribution in [3.63, 3.8) is 0 Å². The molecule has 2 rings (SSSR count). The molecule has 1 heterocycles. The summed E-state index contributed by atoms with van der Waals surface area (Å²) >= 11 is 0. The lowest BCUT2D eigenvalue weighted by Crippen LogP contribution is -2.38.